The van der Waals surface area contributed by atoms with E-state index in [2.05, 4.69) is 13.8 Å². The summed E-state index contributed by atoms with van der Waals surface area (Å²) in [5, 5.41) is 0. The van der Waals surface area contributed by atoms with E-state index in [1.807, 2.05) is 6.08 Å². The van der Waals surface area contributed by atoms with E-state index in [0.29, 0.717) is 5.78 Å². The zero-order valence-electron chi connectivity index (χ0n) is 8.55. The van der Waals surface area contributed by atoms with Crippen molar-refractivity contribution in [1.82, 2.24) is 0 Å². The molecule has 1 saturated carbocycles. The Bertz CT molecular complexity index is 252. The lowest BCUT2D eigenvalue weighted by molar-refractivity contribution is -0.115. The molecule has 1 nitrogen and oxygen atoms in total. The Balaban J connectivity index is 2.21. The molecule has 13 heavy (non-hydrogen) atoms. The summed E-state index contributed by atoms with van der Waals surface area (Å²) in [6.07, 6.45) is 6.34. The SMILES string of the molecule is CC1CC2=CC(=O)CCC2C(C)C1. The van der Waals surface area contributed by atoms with E-state index >= 15 is 0 Å². The number of allylic oxidation sites excluding steroid dienone is 2. The average Bonchev–Trinajstić information content (AvgIpc) is 2.02. The highest BCUT2D eigenvalue weighted by atomic mass is 16.1. The molecule has 3 atom stereocenters. The molecule has 0 N–H and O–H groups in total. The van der Waals surface area contributed by atoms with Crippen LogP contribution in [0.5, 0.6) is 0 Å². The summed E-state index contributed by atoms with van der Waals surface area (Å²) in [7, 11) is 0. The summed E-state index contributed by atoms with van der Waals surface area (Å²) in [6.45, 7) is 4.64. The third kappa shape index (κ3) is 1.70. The Morgan fingerprint density at radius 1 is 1.38 bits per heavy atom. The average molecular weight is 178 g/mol. The molecular weight excluding hydrogens is 160 g/mol. The minimum absolute atomic E-state index is 0.354. The van der Waals surface area contributed by atoms with Crippen LogP contribution in [0.25, 0.3) is 0 Å². The normalized spacial score (nSPS) is 39.7. The summed E-state index contributed by atoms with van der Waals surface area (Å²) >= 11 is 0. The van der Waals surface area contributed by atoms with Gasteiger partial charge in [-0.05, 0) is 43.1 Å². The largest absolute Gasteiger partial charge is 0.295 e. The Morgan fingerprint density at radius 3 is 2.92 bits per heavy atom. The molecule has 2 aliphatic carbocycles. The second-order valence-corrected chi connectivity index (χ2v) is 4.85. The number of carbonyl (C=O) groups excluding carboxylic acids is 1. The van der Waals surface area contributed by atoms with E-state index < -0.39 is 0 Å². The van der Waals surface area contributed by atoms with Gasteiger partial charge < -0.3 is 0 Å². The molecule has 0 heterocycles. The number of carbonyl (C=O) groups is 1. The molecule has 0 radical (unpaired) electrons. The van der Waals surface area contributed by atoms with Crippen LogP contribution in [0.1, 0.15) is 39.5 Å². The maximum Gasteiger partial charge on any atom is 0.155 e. The molecule has 2 aliphatic rings. The van der Waals surface area contributed by atoms with Crippen LogP contribution in [0.2, 0.25) is 0 Å². The van der Waals surface area contributed by atoms with E-state index in [1.54, 1.807) is 0 Å². The minimum Gasteiger partial charge on any atom is -0.295 e. The fourth-order valence-corrected chi connectivity index (χ4v) is 3.01. The van der Waals surface area contributed by atoms with Gasteiger partial charge in [0.2, 0.25) is 0 Å². The first-order chi connectivity index (χ1) is 6.16. The van der Waals surface area contributed by atoms with E-state index in [9.17, 15) is 4.79 Å². The van der Waals surface area contributed by atoms with Gasteiger partial charge in [-0.1, -0.05) is 19.4 Å². The molecule has 0 aromatic rings. The fraction of sp³-hybridized carbons (Fsp3) is 0.750. The molecule has 0 aliphatic heterocycles. The van der Waals surface area contributed by atoms with Crippen LogP contribution in [0.15, 0.2) is 11.6 Å². The Labute approximate surface area is 80.2 Å². The van der Waals surface area contributed by atoms with E-state index in [4.69, 9.17) is 0 Å². The van der Waals surface area contributed by atoms with E-state index in [1.165, 1.54) is 18.4 Å². The lowest BCUT2D eigenvalue weighted by Crippen LogP contribution is -2.27. The number of ketones is 1. The van der Waals surface area contributed by atoms with Gasteiger partial charge in [-0.15, -0.1) is 0 Å². The van der Waals surface area contributed by atoms with Crippen LogP contribution in [-0.4, -0.2) is 5.78 Å². The van der Waals surface area contributed by atoms with Crippen molar-refractivity contribution < 1.29 is 4.79 Å². The predicted molar refractivity (Wildman–Crippen MR) is 53.4 cm³/mol. The molecule has 0 spiro atoms. The van der Waals surface area contributed by atoms with Gasteiger partial charge in [-0.2, -0.15) is 0 Å². The first-order valence-corrected chi connectivity index (χ1v) is 5.40. The van der Waals surface area contributed by atoms with Gasteiger partial charge in [0.25, 0.3) is 0 Å². The van der Waals surface area contributed by atoms with E-state index in [-0.39, 0.29) is 0 Å². The summed E-state index contributed by atoms with van der Waals surface area (Å²) in [4.78, 5) is 11.3. The lowest BCUT2D eigenvalue weighted by atomic mass is 9.68. The maximum atomic E-state index is 11.3. The molecule has 0 aromatic heterocycles. The van der Waals surface area contributed by atoms with Crippen LogP contribution in [0.3, 0.4) is 0 Å². The van der Waals surface area contributed by atoms with Crippen molar-refractivity contribution in [3.63, 3.8) is 0 Å². The predicted octanol–water partition coefficient (Wildman–Crippen LogP) is 2.96. The van der Waals surface area contributed by atoms with Gasteiger partial charge in [-0.3, -0.25) is 4.79 Å². The van der Waals surface area contributed by atoms with Crippen LogP contribution < -0.4 is 0 Å². The highest BCUT2D eigenvalue weighted by Crippen LogP contribution is 2.41. The Morgan fingerprint density at radius 2 is 2.15 bits per heavy atom. The first kappa shape index (κ1) is 8.98. The minimum atomic E-state index is 0.354. The third-order valence-electron chi connectivity index (χ3n) is 3.57. The molecular formula is C12H18O. The zero-order valence-corrected chi connectivity index (χ0v) is 8.55. The van der Waals surface area contributed by atoms with Gasteiger partial charge in [0.1, 0.15) is 0 Å². The highest BCUT2D eigenvalue weighted by Gasteiger charge is 2.31. The molecule has 0 saturated heterocycles. The molecule has 0 bridgehead atoms. The topological polar surface area (TPSA) is 17.1 Å². The third-order valence-corrected chi connectivity index (χ3v) is 3.57. The highest BCUT2D eigenvalue weighted by molar-refractivity contribution is 5.91. The van der Waals surface area contributed by atoms with Crippen LogP contribution in [0.4, 0.5) is 0 Å². The summed E-state index contributed by atoms with van der Waals surface area (Å²) in [6, 6.07) is 0. The van der Waals surface area contributed by atoms with Gasteiger partial charge in [0.15, 0.2) is 5.78 Å². The van der Waals surface area contributed by atoms with Crippen LogP contribution >= 0.6 is 0 Å². The van der Waals surface area contributed by atoms with Crippen molar-refractivity contribution in [3.05, 3.63) is 11.6 Å². The van der Waals surface area contributed by atoms with Crippen molar-refractivity contribution >= 4 is 5.78 Å². The Kier molecular flexibility index (Phi) is 2.27. The van der Waals surface area contributed by atoms with Crippen molar-refractivity contribution in [2.45, 2.75) is 39.5 Å². The smallest absolute Gasteiger partial charge is 0.155 e. The van der Waals surface area contributed by atoms with Crippen LogP contribution in [-0.2, 0) is 4.79 Å². The molecule has 3 unspecified atom stereocenters. The lowest BCUT2D eigenvalue weighted by Gasteiger charge is -2.37. The van der Waals surface area contributed by atoms with Crippen molar-refractivity contribution in [3.8, 4) is 0 Å². The van der Waals surface area contributed by atoms with Gasteiger partial charge in [0, 0.05) is 6.42 Å². The molecule has 1 fully saturated rings. The van der Waals surface area contributed by atoms with Crippen molar-refractivity contribution in [1.29, 1.82) is 0 Å². The Hall–Kier alpha value is -0.590. The van der Waals surface area contributed by atoms with Crippen molar-refractivity contribution in [2.75, 3.05) is 0 Å². The molecule has 1 heteroatoms. The molecule has 72 valence electrons. The summed E-state index contributed by atoms with van der Waals surface area (Å²) in [5.41, 5.74) is 1.45. The summed E-state index contributed by atoms with van der Waals surface area (Å²) in [5.74, 6) is 2.66. The zero-order chi connectivity index (χ0) is 9.42. The second kappa shape index (κ2) is 3.28. The first-order valence-electron chi connectivity index (χ1n) is 5.40. The van der Waals surface area contributed by atoms with Gasteiger partial charge in [-0.25, -0.2) is 0 Å². The second-order valence-electron chi connectivity index (χ2n) is 4.85. The van der Waals surface area contributed by atoms with E-state index in [0.717, 1.165) is 30.6 Å². The van der Waals surface area contributed by atoms with Gasteiger partial charge in [0.05, 0.1) is 0 Å². The van der Waals surface area contributed by atoms with Gasteiger partial charge >= 0.3 is 0 Å². The standard InChI is InChI=1S/C12H18O/c1-8-5-9(2)12-4-3-11(13)7-10(12)6-8/h7-9,12H,3-6H2,1-2H3. The number of hydrogen-bond acceptors (Lipinski definition) is 1. The number of hydrogen-bond donors (Lipinski definition) is 0. The molecule has 0 amide bonds. The van der Waals surface area contributed by atoms with Crippen LogP contribution in [0, 0.1) is 17.8 Å². The number of fused-ring (bicyclic) bond motifs is 1. The summed E-state index contributed by atoms with van der Waals surface area (Å²) < 4.78 is 0. The maximum absolute atomic E-state index is 11.3. The monoisotopic (exact) mass is 178 g/mol. The fourth-order valence-electron chi connectivity index (χ4n) is 3.01. The number of rotatable bonds is 0. The molecule has 0 aromatic carbocycles. The van der Waals surface area contributed by atoms with Crippen molar-refractivity contribution in [2.24, 2.45) is 17.8 Å². The molecule has 2 rings (SSSR count). The quantitative estimate of drug-likeness (QED) is 0.557.